The minimum atomic E-state index is -1.49. The Morgan fingerprint density at radius 3 is 0.667 bits per heavy atom. The molecule has 0 rings (SSSR count). The number of ether oxygens (including phenoxy) is 1. The van der Waals surface area contributed by atoms with E-state index in [1.54, 1.807) is 0 Å². The Hall–Kier alpha value is -3.02. The first-order valence-electron chi connectivity index (χ1n) is 10.8. The minimum Gasteiger partial charge on any atom is -0.481 e. The molecule has 36 heavy (non-hydrogen) atoms. The van der Waals surface area contributed by atoms with E-state index in [0.29, 0.717) is 0 Å². The van der Waals surface area contributed by atoms with Crippen molar-refractivity contribution < 1.29 is 59.4 Å². The van der Waals surface area contributed by atoms with Crippen LogP contribution >= 0.6 is 0 Å². The van der Waals surface area contributed by atoms with E-state index < -0.39 is 68.3 Å². The highest BCUT2D eigenvalue weighted by Gasteiger charge is 2.54. The average Bonchev–Trinajstić information content (AvgIpc) is 2.66. The molecule has 0 bridgehead atoms. The van der Waals surface area contributed by atoms with E-state index in [-0.39, 0.29) is 5.48 Å². The van der Waals surface area contributed by atoms with E-state index in [0.717, 1.165) is 0 Å². The summed E-state index contributed by atoms with van der Waals surface area (Å²) in [5, 5.41) is 36.0. The number of esters is 2. The maximum absolute atomic E-state index is 12.3. The number of hydrogen-bond donors (Lipinski definition) is 4. The number of hydrogen-bond acceptors (Lipinski definition) is 7. The Morgan fingerprint density at radius 2 is 0.528 bits per heavy atom. The van der Waals surface area contributed by atoms with Gasteiger partial charge in [-0.25, -0.2) is 0 Å². The summed E-state index contributed by atoms with van der Waals surface area (Å²) in [6, 6.07) is 0. The molecular weight excluding hydrogens is 480 g/mol. The van der Waals surface area contributed by atoms with E-state index in [4.69, 9.17) is 14.9 Å². The summed E-state index contributed by atoms with van der Waals surface area (Å²) in [5.74, 6) is -6.65. The molecule has 0 fully saturated rings. The van der Waals surface area contributed by atoms with Gasteiger partial charge in [-0.1, -0.05) is 0 Å². The van der Waals surface area contributed by atoms with Crippen LogP contribution in [0.25, 0.3) is 0 Å². The van der Waals surface area contributed by atoms with Crippen LogP contribution in [0, 0.1) is 32.5 Å². The smallest absolute Gasteiger partial charge is 0.320 e. The van der Waals surface area contributed by atoms with Crippen molar-refractivity contribution in [1.29, 1.82) is 0 Å². The van der Waals surface area contributed by atoms with Crippen LogP contribution in [0.15, 0.2) is 0 Å². The lowest BCUT2D eigenvalue weighted by Gasteiger charge is -2.38. The Bertz CT molecular complexity index is 817. The second kappa shape index (κ2) is 11.4. The highest BCUT2D eigenvalue weighted by molar-refractivity contribution is 5.96. The summed E-state index contributed by atoms with van der Waals surface area (Å²) >= 11 is 0. The molecule has 0 heterocycles. The number of carboxylic acids is 4. The van der Waals surface area contributed by atoms with E-state index in [9.17, 15) is 39.0 Å². The molecule has 6 N–H and O–H groups in total. The topological polar surface area (TPSA) is 224 Å². The van der Waals surface area contributed by atoms with Gasteiger partial charge in [0.2, 0.25) is 0 Å². The van der Waals surface area contributed by atoms with Crippen molar-refractivity contribution in [2.24, 2.45) is 32.5 Å². The lowest BCUT2D eigenvalue weighted by molar-refractivity contribution is -0.187. The van der Waals surface area contributed by atoms with Crippen LogP contribution in [0.4, 0.5) is 0 Å². The van der Waals surface area contributed by atoms with Crippen molar-refractivity contribution in [3.05, 3.63) is 0 Å². The Kier molecular flexibility index (Phi) is 11.8. The molecule has 0 aromatic carbocycles. The number of carbonyl (C=O) groups excluding carboxylic acids is 2. The first kappa shape index (κ1) is 37.5. The van der Waals surface area contributed by atoms with Crippen molar-refractivity contribution in [3.63, 3.8) is 0 Å². The Labute approximate surface area is 211 Å². The van der Waals surface area contributed by atoms with Gasteiger partial charge in [-0.2, -0.15) is 0 Å². The highest BCUT2D eigenvalue weighted by Crippen LogP contribution is 2.43. The molecular formula is C24H42O12. The SMILES string of the molecule is CC(C)(C(=O)O)C(C)(C)C(=O)O.CC(C)(C(=O)O)C(C)(C)C(=O)OC(=O)C(C)(C)C(C)(C)C(=O)O.O. The molecule has 0 amide bonds. The highest BCUT2D eigenvalue weighted by atomic mass is 16.6. The predicted octanol–water partition coefficient (Wildman–Crippen LogP) is 2.71. The number of rotatable bonds is 9. The number of carbonyl (C=O) groups is 6. The lowest BCUT2D eigenvalue weighted by Crippen LogP contribution is -2.50. The Balaban J connectivity index is -0.000000710. The van der Waals surface area contributed by atoms with Crippen LogP contribution in [0.3, 0.4) is 0 Å². The number of aliphatic carboxylic acids is 4. The molecule has 0 saturated carbocycles. The van der Waals surface area contributed by atoms with Gasteiger partial charge in [0, 0.05) is 0 Å². The van der Waals surface area contributed by atoms with Crippen LogP contribution in [0.1, 0.15) is 83.1 Å². The van der Waals surface area contributed by atoms with Gasteiger partial charge in [0.15, 0.2) is 0 Å². The van der Waals surface area contributed by atoms with Gasteiger partial charge in [0.25, 0.3) is 0 Å². The molecule has 0 aliphatic rings. The fourth-order valence-corrected chi connectivity index (χ4v) is 1.92. The monoisotopic (exact) mass is 522 g/mol. The van der Waals surface area contributed by atoms with Crippen LogP contribution in [-0.2, 0) is 33.5 Å². The van der Waals surface area contributed by atoms with Crippen LogP contribution in [0.2, 0.25) is 0 Å². The molecule has 0 atom stereocenters. The fraction of sp³-hybridized carbons (Fsp3) is 0.750. The van der Waals surface area contributed by atoms with Crippen molar-refractivity contribution in [2.45, 2.75) is 83.1 Å². The maximum atomic E-state index is 12.3. The first-order chi connectivity index (χ1) is 15.1. The molecule has 0 unspecified atom stereocenters. The zero-order chi connectivity index (χ0) is 29.2. The molecule has 0 spiro atoms. The molecule has 12 nitrogen and oxygen atoms in total. The lowest BCUT2D eigenvalue weighted by atomic mass is 9.67. The van der Waals surface area contributed by atoms with E-state index in [2.05, 4.69) is 0 Å². The zero-order valence-electron chi connectivity index (χ0n) is 23.1. The molecule has 0 aromatic rings. The van der Waals surface area contributed by atoms with E-state index in [1.165, 1.54) is 83.1 Å². The minimum absolute atomic E-state index is 0. The third-order valence-corrected chi connectivity index (χ3v) is 8.03. The van der Waals surface area contributed by atoms with Crippen LogP contribution < -0.4 is 0 Å². The van der Waals surface area contributed by atoms with Gasteiger partial charge >= 0.3 is 35.8 Å². The third kappa shape index (κ3) is 6.80. The summed E-state index contributed by atoms with van der Waals surface area (Å²) in [6.07, 6.45) is 0. The molecule has 0 aliphatic carbocycles. The third-order valence-electron chi connectivity index (χ3n) is 8.03. The summed E-state index contributed by atoms with van der Waals surface area (Å²) in [4.78, 5) is 68.7. The summed E-state index contributed by atoms with van der Waals surface area (Å²) in [7, 11) is 0. The van der Waals surface area contributed by atoms with Crippen molar-refractivity contribution in [1.82, 2.24) is 0 Å². The summed E-state index contributed by atoms with van der Waals surface area (Å²) in [5.41, 5.74) is -8.46. The van der Waals surface area contributed by atoms with E-state index >= 15 is 0 Å². The maximum Gasteiger partial charge on any atom is 0.320 e. The second-order valence-corrected chi connectivity index (χ2v) is 11.6. The first-order valence-corrected chi connectivity index (χ1v) is 10.8. The fourth-order valence-electron chi connectivity index (χ4n) is 1.92. The standard InChI is InChI=1S/C16H26O7.C8H14O4.H2O/c1-13(2,9(17)18)15(5,6)11(21)23-12(22)16(7,8)14(3,4)10(19)20;1-7(2,5(9)10)8(3,4)6(11)12;/h1-8H3,(H,17,18)(H,19,20);1-4H3,(H,9,10)(H,11,12);1H2. The van der Waals surface area contributed by atoms with Crippen molar-refractivity contribution in [3.8, 4) is 0 Å². The Morgan fingerprint density at radius 1 is 0.389 bits per heavy atom. The van der Waals surface area contributed by atoms with Gasteiger partial charge in [-0.05, 0) is 83.1 Å². The van der Waals surface area contributed by atoms with Crippen molar-refractivity contribution in [2.75, 3.05) is 0 Å². The number of carboxylic acid groups (broad SMARTS) is 4. The van der Waals surface area contributed by atoms with E-state index in [1.807, 2.05) is 0 Å². The van der Waals surface area contributed by atoms with Gasteiger partial charge in [0.05, 0.1) is 32.5 Å². The van der Waals surface area contributed by atoms with Crippen LogP contribution in [0.5, 0.6) is 0 Å². The molecule has 0 saturated heterocycles. The molecule has 0 aromatic heterocycles. The molecule has 210 valence electrons. The molecule has 12 heteroatoms. The van der Waals surface area contributed by atoms with Gasteiger partial charge in [-0.15, -0.1) is 0 Å². The summed E-state index contributed by atoms with van der Waals surface area (Å²) in [6.45, 7) is 16.5. The van der Waals surface area contributed by atoms with Crippen molar-refractivity contribution >= 4 is 35.8 Å². The predicted molar refractivity (Wildman–Crippen MR) is 128 cm³/mol. The summed E-state index contributed by atoms with van der Waals surface area (Å²) < 4.78 is 4.85. The largest absolute Gasteiger partial charge is 0.481 e. The zero-order valence-corrected chi connectivity index (χ0v) is 23.1. The quantitative estimate of drug-likeness (QED) is 0.254. The average molecular weight is 523 g/mol. The van der Waals surface area contributed by atoms with Gasteiger partial charge in [-0.3, -0.25) is 28.8 Å². The molecule has 0 radical (unpaired) electrons. The normalized spacial score (nSPS) is 12.8. The van der Waals surface area contributed by atoms with Gasteiger partial charge < -0.3 is 30.6 Å². The molecule has 0 aliphatic heterocycles. The van der Waals surface area contributed by atoms with Gasteiger partial charge in [0.1, 0.15) is 0 Å². The van der Waals surface area contributed by atoms with Crippen LogP contribution in [-0.4, -0.2) is 61.7 Å². The second-order valence-electron chi connectivity index (χ2n) is 11.6.